The van der Waals surface area contributed by atoms with Gasteiger partial charge in [-0.2, -0.15) is 8.78 Å². The van der Waals surface area contributed by atoms with E-state index >= 15 is 0 Å². The molecule has 0 saturated carbocycles. The molecule has 0 bridgehead atoms. The average molecular weight is 250 g/mol. The van der Waals surface area contributed by atoms with E-state index in [1.807, 2.05) is 0 Å². The fourth-order valence-electron chi connectivity index (χ4n) is 1.65. The van der Waals surface area contributed by atoms with Gasteiger partial charge in [-0.15, -0.1) is 0 Å². The molecule has 0 unspecified atom stereocenters. The van der Waals surface area contributed by atoms with Crippen LogP contribution in [0.25, 0.3) is 11.1 Å². The lowest BCUT2D eigenvalue weighted by Crippen LogP contribution is -2.03. The van der Waals surface area contributed by atoms with Crippen molar-refractivity contribution in [3.63, 3.8) is 0 Å². The van der Waals surface area contributed by atoms with Gasteiger partial charge >= 0.3 is 6.61 Å². The topological polar surface area (TPSA) is 61.3 Å². The Bertz CT molecular complexity index is 558. The van der Waals surface area contributed by atoms with E-state index in [1.165, 1.54) is 6.07 Å². The van der Waals surface area contributed by atoms with Crippen LogP contribution in [0.5, 0.6) is 5.75 Å². The maximum absolute atomic E-state index is 12.3. The van der Waals surface area contributed by atoms with Gasteiger partial charge in [0.2, 0.25) is 0 Å². The van der Waals surface area contributed by atoms with Gasteiger partial charge < -0.3 is 16.2 Å². The first-order valence-electron chi connectivity index (χ1n) is 5.27. The Morgan fingerprint density at radius 1 is 0.944 bits per heavy atom. The van der Waals surface area contributed by atoms with Gasteiger partial charge in [-0.3, -0.25) is 0 Å². The lowest BCUT2D eigenvalue weighted by Gasteiger charge is -2.11. The van der Waals surface area contributed by atoms with Gasteiger partial charge in [0.25, 0.3) is 0 Å². The Morgan fingerprint density at radius 2 is 1.67 bits per heavy atom. The molecule has 4 N–H and O–H groups in total. The molecule has 18 heavy (non-hydrogen) atoms. The molecule has 2 aromatic carbocycles. The molecular formula is C13H12F2N2O. The predicted molar refractivity (Wildman–Crippen MR) is 67.3 cm³/mol. The quantitative estimate of drug-likeness (QED) is 0.823. The third-order valence-corrected chi connectivity index (χ3v) is 2.50. The minimum atomic E-state index is -2.86. The summed E-state index contributed by atoms with van der Waals surface area (Å²) in [5, 5.41) is 0. The predicted octanol–water partition coefficient (Wildman–Crippen LogP) is 3.12. The highest BCUT2D eigenvalue weighted by molar-refractivity contribution is 5.77. The number of nitrogens with two attached hydrogens (primary N) is 2. The minimum Gasteiger partial charge on any atom is -0.434 e. The summed E-state index contributed by atoms with van der Waals surface area (Å²) < 4.78 is 29.0. The van der Waals surface area contributed by atoms with Crippen LogP contribution < -0.4 is 16.2 Å². The van der Waals surface area contributed by atoms with E-state index in [0.29, 0.717) is 22.5 Å². The van der Waals surface area contributed by atoms with Gasteiger partial charge in [0.05, 0.1) is 11.4 Å². The highest BCUT2D eigenvalue weighted by Crippen LogP contribution is 2.33. The van der Waals surface area contributed by atoms with Crippen LogP contribution >= 0.6 is 0 Å². The molecule has 0 amide bonds. The van der Waals surface area contributed by atoms with Crippen molar-refractivity contribution in [1.82, 2.24) is 0 Å². The molecule has 0 saturated heterocycles. The van der Waals surface area contributed by atoms with E-state index in [2.05, 4.69) is 4.74 Å². The van der Waals surface area contributed by atoms with Crippen LogP contribution in [-0.2, 0) is 0 Å². The van der Waals surface area contributed by atoms with Gasteiger partial charge in [0, 0.05) is 5.56 Å². The fourth-order valence-corrected chi connectivity index (χ4v) is 1.65. The van der Waals surface area contributed by atoms with Crippen LogP contribution in [0.1, 0.15) is 0 Å². The Kier molecular flexibility index (Phi) is 3.32. The van der Waals surface area contributed by atoms with Crippen molar-refractivity contribution in [2.45, 2.75) is 6.61 Å². The summed E-state index contributed by atoms with van der Waals surface area (Å²) in [6, 6.07) is 11.5. The Morgan fingerprint density at radius 3 is 2.33 bits per heavy atom. The number of para-hydroxylation sites is 1. The normalized spacial score (nSPS) is 10.6. The third-order valence-electron chi connectivity index (χ3n) is 2.50. The molecule has 2 rings (SSSR count). The molecule has 3 nitrogen and oxygen atoms in total. The second-order valence-corrected chi connectivity index (χ2v) is 3.72. The zero-order valence-electron chi connectivity index (χ0n) is 9.44. The van der Waals surface area contributed by atoms with Crippen LogP contribution in [0.3, 0.4) is 0 Å². The van der Waals surface area contributed by atoms with Crippen LogP contribution in [0.4, 0.5) is 20.2 Å². The summed E-state index contributed by atoms with van der Waals surface area (Å²) in [4.78, 5) is 0. The van der Waals surface area contributed by atoms with Crippen LogP contribution in [0.15, 0.2) is 42.5 Å². The third kappa shape index (κ3) is 2.51. The molecule has 0 atom stereocenters. The number of hydrogen-bond donors (Lipinski definition) is 2. The number of hydrogen-bond acceptors (Lipinski definition) is 3. The molecule has 0 fully saturated rings. The SMILES string of the molecule is Nc1ccc(-c2ccccc2OC(F)F)cc1N. The van der Waals surface area contributed by atoms with Crippen molar-refractivity contribution in [2.24, 2.45) is 0 Å². The zero-order chi connectivity index (χ0) is 13.1. The Balaban J connectivity index is 2.46. The van der Waals surface area contributed by atoms with Gasteiger partial charge in [0.15, 0.2) is 0 Å². The summed E-state index contributed by atoms with van der Waals surface area (Å²) in [7, 11) is 0. The Hall–Kier alpha value is -2.30. The average Bonchev–Trinajstić information content (AvgIpc) is 2.33. The number of halogens is 2. The molecule has 5 heteroatoms. The van der Waals surface area contributed by atoms with Gasteiger partial charge in [-0.25, -0.2) is 0 Å². The monoisotopic (exact) mass is 250 g/mol. The van der Waals surface area contributed by atoms with E-state index in [1.54, 1.807) is 36.4 Å². The molecule has 0 spiro atoms. The summed E-state index contributed by atoms with van der Waals surface area (Å²) in [6.07, 6.45) is 0. The summed E-state index contributed by atoms with van der Waals surface area (Å²) in [6.45, 7) is -2.86. The van der Waals surface area contributed by atoms with E-state index in [0.717, 1.165) is 0 Å². The lowest BCUT2D eigenvalue weighted by atomic mass is 10.0. The van der Waals surface area contributed by atoms with E-state index in [4.69, 9.17) is 11.5 Å². The summed E-state index contributed by atoms with van der Waals surface area (Å²) in [5.41, 5.74) is 13.4. The zero-order valence-corrected chi connectivity index (χ0v) is 9.44. The van der Waals surface area contributed by atoms with Crippen molar-refractivity contribution >= 4 is 11.4 Å². The van der Waals surface area contributed by atoms with Gasteiger partial charge in [-0.1, -0.05) is 24.3 Å². The molecule has 0 heterocycles. The maximum atomic E-state index is 12.3. The molecule has 0 aliphatic heterocycles. The fraction of sp³-hybridized carbons (Fsp3) is 0.0769. The second kappa shape index (κ2) is 4.91. The summed E-state index contributed by atoms with van der Waals surface area (Å²) in [5.74, 6) is 0.108. The van der Waals surface area contributed by atoms with Gasteiger partial charge in [0.1, 0.15) is 5.75 Å². The van der Waals surface area contributed by atoms with Crippen molar-refractivity contribution < 1.29 is 13.5 Å². The highest BCUT2D eigenvalue weighted by Gasteiger charge is 2.11. The van der Waals surface area contributed by atoms with Crippen molar-refractivity contribution in [3.05, 3.63) is 42.5 Å². The molecule has 2 aromatic rings. The number of alkyl halides is 2. The summed E-state index contributed by atoms with van der Waals surface area (Å²) >= 11 is 0. The first-order valence-corrected chi connectivity index (χ1v) is 5.27. The number of benzene rings is 2. The van der Waals surface area contributed by atoms with Crippen molar-refractivity contribution in [2.75, 3.05) is 11.5 Å². The molecular weight excluding hydrogens is 238 g/mol. The number of anilines is 2. The number of nitrogen functional groups attached to an aromatic ring is 2. The first kappa shape index (κ1) is 12.2. The molecule has 94 valence electrons. The number of ether oxygens (including phenoxy) is 1. The maximum Gasteiger partial charge on any atom is 0.387 e. The lowest BCUT2D eigenvalue weighted by molar-refractivity contribution is -0.0494. The van der Waals surface area contributed by atoms with Crippen LogP contribution in [0.2, 0.25) is 0 Å². The molecule has 0 aliphatic rings. The molecule has 0 radical (unpaired) electrons. The second-order valence-electron chi connectivity index (χ2n) is 3.72. The van der Waals surface area contributed by atoms with Crippen LogP contribution in [-0.4, -0.2) is 6.61 Å². The van der Waals surface area contributed by atoms with Gasteiger partial charge in [-0.05, 0) is 23.8 Å². The van der Waals surface area contributed by atoms with E-state index < -0.39 is 6.61 Å². The van der Waals surface area contributed by atoms with Crippen LogP contribution in [0, 0.1) is 0 Å². The standard InChI is InChI=1S/C13H12F2N2O/c14-13(15)18-12-4-2-1-3-9(12)8-5-6-10(16)11(17)7-8/h1-7,13H,16-17H2. The number of rotatable bonds is 3. The Labute approximate surface area is 103 Å². The smallest absolute Gasteiger partial charge is 0.387 e. The van der Waals surface area contributed by atoms with Crippen molar-refractivity contribution in [1.29, 1.82) is 0 Å². The minimum absolute atomic E-state index is 0.108. The first-order chi connectivity index (χ1) is 8.58. The van der Waals surface area contributed by atoms with E-state index in [-0.39, 0.29) is 5.75 Å². The largest absolute Gasteiger partial charge is 0.434 e. The highest BCUT2D eigenvalue weighted by atomic mass is 19.3. The molecule has 0 aliphatic carbocycles. The molecule has 0 aromatic heterocycles. The van der Waals surface area contributed by atoms with Crippen molar-refractivity contribution in [3.8, 4) is 16.9 Å². The van der Waals surface area contributed by atoms with E-state index in [9.17, 15) is 8.78 Å².